The van der Waals surface area contributed by atoms with Gasteiger partial charge in [0.15, 0.2) is 0 Å². The van der Waals surface area contributed by atoms with Gasteiger partial charge in [-0.25, -0.2) is 9.18 Å². The molecule has 23 heavy (non-hydrogen) atoms. The lowest BCUT2D eigenvalue weighted by atomic mass is 10.1. The van der Waals surface area contributed by atoms with E-state index in [1.807, 2.05) is 27.7 Å². The molecule has 2 rings (SSSR count). The average Bonchev–Trinajstić information content (AvgIpc) is 2.85. The molecule has 2 N–H and O–H groups in total. The maximum Gasteiger partial charge on any atom is 0.407 e. The molecular weight excluding hydrogens is 295 g/mol. The van der Waals surface area contributed by atoms with Crippen LogP contribution >= 0.6 is 0 Å². The first-order valence-corrected chi connectivity index (χ1v) is 8.22. The summed E-state index contributed by atoms with van der Waals surface area (Å²) < 4.78 is 18.7. The van der Waals surface area contributed by atoms with Crippen LogP contribution in [-0.4, -0.2) is 23.8 Å². The molecule has 4 nitrogen and oxygen atoms in total. The van der Waals surface area contributed by atoms with Crippen molar-refractivity contribution in [1.29, 1.82) is 0 Å². The van der Waals surface area contributed by atoms with Gasteiger partial charge in [0.1, 0.15) is 11.4 Å². The summed E-state index contributed by atoms with van der Waals surface area (Å²) in [6.07, 6.45) is 2.60. The molecule has 1 fully saturated rings. The van der Waals surface area contributed by atoms with Crippen molar-refractivity contribution >= 4 is 6.09 Å². The minimum atomic E-state index is -0.496. The summed E-state index contributed by atoms with van der Waals surface area (Å²) in [6.45, 7) is 8.12. The first kappa shape index (κ1) is 17.7. The molecule has 0 spiro atoms. The molecule has 0 bridgehead atoms. The van der Waals surface area contributed by atoms with Gasteiger partial charge in [-0.1, -0.05) is 6.07 Å². The van der Waals surface area contributed by atoms with E-state index in [-0.39, 0.29) is 24.0 Å². The second-order valence-electron chi connectivity index (χ2n) is 7.24. The molecule has 0 heterocycles. The molecule has 1 aromatic carbocycles. The summed E-state index contributed by atoms with van der Waals surface area (Å²) in [6, 6.07) is 5.07. The zero-order valence-electron chi connectivity index (χ0n) is 14.4. The van der Waals surface area contributed by atoms with E-state index in [1.54, 1.807) is 12.1 Å². The van der Waals surface area contributed by atoms with E-state index in [9.17, 15) is 9.18 Å². The molecule has 0 aliphatic heterocycles. The summed E-state index contributed by atoms with van der Waals surface area (Å²) in [7, 11) is 0. The topological polar surface area (TPSA) is 50.4 Å². The number of halogens is 1. The zero-order chi connectivity index (χ0) is 17.0. The van der Waals surface area contributed by atoms with Crippen molar-refractivity contribution < 1.29 is 13.9 Å². The van der Waals surface area contributed by atoms with Crippen LogP contribution in [0.4, 0.5) is 9.18 Å². The molecule has 1 aromatic rings. The Morgan fingerprint density at radius 2 is 2.00 bits per heavy atom. The number of hydrogen-bond donors (Lipinski definition) is 2. The SMILES string of the molecule is Cc1ccc(F)cc1CNC1CCCC1NC(=O)OC(C)(C)C. The number of ether oxygens (including phenoxy) is 1. The number of nitrogens with one attached hydrogen (secondary N) is 2. The van der Waals surface area contributed by atoms with E-state index in [0.717, 1.165) is 30.4 Å². The van der Waals surface area contributed by atoms with E-state index >= 15 is 0 Å². The van der Waals surface area contributed by atoms with Crippen molar-refractivity contribution in [2.24, 2.45) is 0 Å². The van der Waals surface area contributed by atoms with Crippen LogP contribution < -0.4 is 10.6 Å². The Kier molecular flexibility index (Phi) is 5.63. The normalized spacial score (nSPS) is 21.3. The first-order valence-electron chi connectivity index (χ1n) is 8.22. The molecule has 0 aromatic heterocycles. The highest BCUT2D eigenvalue weighted by Crippen LogP contribution is 2.21. The molecule has 128 valence electrons. The first-order chi connectivity index (χ1) is 10.7. The van der Waals surface area contributed by atoms with Crippen LogP contribution in [0.5, 0.6) is 0 Å². The monoisotopic (exact) mass is 322 g/mol. The van der Waals surface area contributed by atoms with Crippen molar-refractivity contribution in [2.45, 2.75) is 71.2 Å². The van der Waals surface area contributed by atoms with Gasteiger partial charge in [0.2, 0.25) is 0 Å². The van der Waals surface area contributed by atoms with Crippen molar-refractivity contribution in [3.05, 3.63) is 35.1 Å². The largest absolute Gasteiger partial charge is 0.444 e. The van der Waals surface area contributed by atoms with E-state index in [0.29, 0.717) is 6.54 Å². The van der Waals surface area contributed by atoms with Crippen LogP contribution in [0.1, 0.15) is 51.2 Å². The number of amides is 1. The third-order valence-corrected chi connectivity index (χ3v) is 4.08. The van der Waals surface area contributed by atoms with Crippen LogP contribution in [0.3, 0.4) is 0 Å². The maximum absolute atomic E-state index is 13.4. The lowest BCUT2D eigenvalue weighted by Gasteiger charge is -2.25. The predicted octanol–water partition coefficient (Wildman–Crippen LogP) is 3.67. The maximum atomic E-state index is 13.4. The Morgan fingerprint density at radius 3 is 2.70 bits per heavy atom. The minimum Gasteiger partial charge on any atom is -0.444 e. The molecule has 1 aliphatic carbocycles. The van der Waals surface area contributed by atoms with Gasteiger partial charge in [0.05, 0.1) is 0 Å². The van der Waals surface area contributed by atoms with Crippen molar-refractivity contribution in [2.75, 3.05) is 0 Å². The van der Waals surface area contributed by atoms with Crippen LogP contribution in [0.25, 0.3) is 0 Å². The van der Waals surface area contributed by atoms with Crippen LogP contribution in [-0.2, 0) is 11.3 Å². The molecule has 0 saturated heterocycles. The quantitative estimate of drug-likeness (QED) is 0.889. The number of rotatable bonds is 4. The second-order valence-corrected chi connectivity index (χ2v) is 7.24. The highest BCUT2D eigenvalue weighted by molar-refractivity contribution is 5.68. The Balaban J connectivity index is 1.89. The molecule has 2 atom stereocenters. The summed E-state index contributed by atoms with van der Waals surface area (Å²) in [5.41, 5.74) is 1.52. The van der Waals surface area contributed by atoms with E-state index in [4.69, 9.17) is 4.74 Å². The molecule has 1 amide bonds. The second kappa shape index (κ2) is 7.30. The number of alkyl carbamates (subject to hydrolysis) is 1. The van der Waals surface area contributed by atoms with Gasteiger partial charge < -0.3 is 15.4 Å². The van der Waals surface area contributed by atoms with Gasteiger partial charge in [-0.2, -0.15) is 0 Å². The Labute approximate surface area is 137 Å². The van der Waals surface area contributed by atoms with Crippen molar-refractivity contribution in [3.63, 3.8) is 0 Å². The van der Waals surface area contributed by atoms with Gasteiger partial charge in [-0.3, -0.25) is 0 Å². The lowest BCUT2D eigenvalue weighted by Crippen LogP contribution is -2.47. The van der Waals surface area contributed by atoms with E-state index < -0.39 is 5.60 Å². The van der Waals surface area contributed by atoms with Gasteiger partial charge >= 0.3 is 6.09 Å². The fourth-order valence-electron chi connectivity index (χ4n) is 2.91. The molecule has 5 heteroatoms. The summed E-state index contributed by atoms with van der Waals surface area (Å²) >= 11 is 0. The molecular formula is C18H27FN2O2. The van der Waals surface area contributed by atoms with Gasteiger partial charge in [-0.15, -0.1) is 0 Å². The van der Waals surface area contributed by atoms with Crippen LogP contribution in [0.15, 0.2) is 18.2 Å². The third-order valence-electron chi connectivity index (χ3n) is 4.08. The molecule has 2 unspecified atom stereocenters. The van der Waals surface area contributed by atoms with E-state index in [1.165, 1.54) is 6.07 Å². The highest BCUT2D eigenvalue weighted by atomic mass is 19.1. The summed E-state index contributed by atoms with van der Waals surface area (Å²) in [4.78, 5) is 11.9. The van der Waals surface area contributed by atoms with E-state index in [2.05, 4.69) is 10.6 Å². The molecule has 0 radical (unpaired) electrons. The van der Waals surface area contributed by atoms with Crippen molar-refractivity contribution in [1.82, 2.24) is 10.6 Å². The van der Waals surface area contributed by atoms with Crippen molar-refractivity contribution in [3.8, 4) is 0 Å². The Hall–Kier alpha value is -1.62. The standard InChI is InChI=1S/C18H27FN2O2/c1-12-8-9-14(19)10-13(12)11-20-15-6-5-7-16(15)21-17(22)23-18(2,3)4/h8-10,15-16,20H,5-7,11H2,1-4H3,(H,21,22). The highest BCUT2D eigenvalue weighted by Gasteiger charge is 2.29. The number of carbonyl (C=O) groups is 1. The molecule has 1 saturated carbocycles. The van der Waals surface area contributed by atoms with Gasteiger partial charge in [0, 0.05) is 18.6 Å². The number of benzene rings is 1. The summed E-state index contributed by atoms with van der Waals surface area (Å²) in [5.74, 6) is -0.220. The minimum absolute atomic E-state index is 0.0544. The van der Waals surface area contributed by atoms with Crippen LogP contribution in [0, 0.1) is 12.7 Å². The lowest BCUT2D eigenvalue weighted by molar-refractivity contribution is 0.0498. The number of hydrogen-bond acceptors (Lipinski definition) is 3. The third kappa shape index (κ3) is 5.50. The Morgan fingerprint density at radius 1 is 1.30 bits per heavy atom. The van der Waals surface area contributed by atoms with Gasteiger partial charge in [0.25, 0.3) is 0 Å². The number of aryl methyl sites for hydroxylation is 1. The fraction of sp³-hybridized carbons (Fsp3) is 0.611. The van der Waals surface area contributed by atoms with Crippen LogP contribution in [0.2, 0.25) is 0 Å². The average molecular weight is 322 g/mol. The summed E-state index contributed by atoms with van der Waals surface area (Å²) in [5, 5.41) is 6.40. The Bertz CT molecular complexity index is 554. The predicted molar refractivity (Wildman–Crippen MR) is 88.8 cm³/mol. The zero-order valence-corrected chi connectivity index (χ0v) is 14.4. The van der Waals surface area contributed by atoms with Gasteiger partial charge in [-0.05, 0) is 70.2 Å². The smallest absolute Gasteiger partial charge is 0.407 e. The number of carbonyl (C=O) groups excluding carboxylic acids is 1. The molecule has 1 aliphatic rings. The fourth-order valence-corrected chi connectivity index (χ4v) is 2.91.